The van der Waals surface area contributed by atoms with Crippen LogP contribution in [0.2, 0.25) is 0 Å². The number of aliphatic hydroxyl groups excluding tert-OH is 12. The summed E-state index contributed by atoms with van der Waals surface area (Å²) in [6.45, 7) is -3.66. The lowest BCUT2D eigenvalue weighted by Crippen LogP contribution is -2.65. The Balaban J connectivity index is 1.39. The number of hydrogen-bond donors (Lipinski definition) is 15. The lowest BCUT2D eigenvalue weighted by Gasteiger charge is -2.46. The van der Waals surface area contributed by atoms with Gasteiger partial charge in [-0.15, -0.1) is 0 Å². The smallest absolute Gasteiger partial charge is 0.394 e. The average Bonchev–Trinajstić information content (AvgIpc) is 3.18. The maximum Gasteiger partial charge on any atom is 0.469 e. The molecule has 0 saturated carbocycles. The summed E-state index contributed by atoms with van der Waals surface area (Å²) in [6.07, 6.45) is -35.5. The fourth-order valence-corrected chi connectivity index (χ4v) is 6.72. The van der Waals surface area contributed by atoms with Crippen molar-refractivity contribution in [2.24, 2.45) is 5.90 Å². The van der Waals surface area contributed by atoms with Crippen LogP contribution in [0.4, 0.5) is 0 Å². The summed E-state index contributed by atoms with van der Waals surface area (Å²) in [5.41, 5.74) is 0. The van der Waals surface area contributed by atoms with Gasteiger partial charge in [0.2, 0.25) is 0 Å². The molecule has 28 heteroatoms. The first kappa shape index (κ1) is 49.6. The van der Waals surface area contributed by atoms with Gasteiger partial charge in [-0.1, -0.05) is 0 Å². The van der Waals surface area contributed by atoms with Gasteiger partial charge in [-0.2, -0.15) is 0 Å². The predicted octanol–water partition coefficient (Wildman–Crippen LogP) is -8.98. The molecular formula is C30H54NO26P. The Morgan fingerprint density at radius 3 is 1.52 bits per heavy atom. The van der Waals surface area contributed by atoms with Gasteiger partial charge in [0.15, 0.2) is 30.9 Å². The van der Waals surface area contributed by atoms with E-state index in [0.29, 0.717) is 12.8 Å². The number of carbonyl (C=O) groups is 1. The van der Waals surface area contributed by atoms with Gasteiger partial charge in [0.25, 0.3) is 0 Å². The van der Waals surface area contributed by atoms with Crippen LogP contribution in [0.5, 0.6) is 0 Å². The number of aliphatic hydroxyl groups is 12. The minimum absolute atomic E-state index is 0.0368. The van der Waals surface area contributed by atoms with Crippen LogP contribution in [0.3, 0.4) is 0 Å². The summed E-state index contributed by atoms with van der Waals surface area (Å²) >= 11 is 0. The number of ether oxygens (including phenoxy) is 8. The van der Waals surface area contributed by atoms with E-state index >= 15 is 0 Å². The predicted molar refractivity (Wildman–Crippen MR) is 178 cm³/mol. The van der Waals surface area contributed by atoms with E-state index in [1.54, 1.807) is 0 Å². The highest BCUT2D eigenvalue weighted by Crippen LogP contribution is 2.38. The standard InChI is InChI=1S/C30H54NO26P/c31-51-6-10(33)3-1-2-4-48-27-23(42)19(38)16(35)12(54-27)7-49-28-24(43)20(39)17(36)13(55-28)8-50-30-26(22(41)15(34)11(5-32)53-30)57-29-25(44)21(40)18(37)14(56-29)9-52-58(45,46)47/h11-30,32,34-44H,1-9,31H2,(H2,45,46,47)/t11?,12?,13?,14?,15-,16-,17-,18-,19+,20+,21+,22+,23?,24?,25?,26?,27+,28+,29-,30+/m1/s1. The molecule has 4 saturated heterocycles. The van der Waals surface area contributed by atoms with Gasteiger partial charge in [-0.05, 0) is 12.8 Å². The molecule has 4 rings (SSSR count). The first-order valence-electron chi connectivity index (χ1n) is 18.0. The summed E-state index contributed by atoms with van der Waals surface area (Å²) in [7, 11) is -5.10. The van der Waals surface area contributed by atoms with Gasteiger partial charge in [0.1, 0.15) is 104 Å². The molecule has 27 nitrogen and oxygen atoms in total. The lowest BCUT2D eigenvalue weighted by atomic mass is 9.97. The van der Waals surface area contributed by atoms with Gasteiger partial charge < -0.3 is 109 Å². The quantitative estimate of drug-likeness (QED) is 0.0307. The largest absolute Gasteiger partial charge is 0.469 e. The minimum atomic E-state index is -5.10. The summed E-state index contributed by atoms with van der Waals surface area (Å²) in [5.74, 6) is 4.61. The van der Waals surface area contributed by atoms with E-state index in [0.717, 1.165) is 0 Å². The van der Waals surface area contributed by atoms with E-state index in [2.05, 4.69) is 9.36 Å². The van der Waals surface area contributed by atoms with Crippen LogP contribution in [0.1, 0.15) is 19.3 Å². The molecule has 0 bridgehead atoms. The molecule has 0 radical (unpaired) electrons. The molecule has 0 aliphatic carbocycles. The van der Waals surface area contributed by atoms with Crippen molar-refractivity contribution >= 4 is 13.6 Å². The first-order chi connectivity index (χ1) is 27.3. The van der Waals surface area contributed by atoms with Crippen LogP contribution in [-0.4, -0.2) is 239 Å². The first-order valence-corrected chi connectivity index (χ1v) is 19.6. The third kappa shape index (κ3) is 12.7. The molecule has 4 fully saturated rings. The Labute approximate surface area is 329 Å². The zero-order chi connectivity index (χ0) is 43.1. The molecule has 4 heterocycles. The highest BCUT2D eigenvalue weighted by atomic mass is 31.2. The fourth-order valence-electron chi connectivity index (χ4n) is 6.38. The number of hydrogen-bond acceptors (Lipinski definition) is 25. The van der Waals surface area contributed by atoms with Crippen molar-refractivity contribution in [1.82, 2.24) is 0 Å². The van der Waals surface area contributed by atoms with Crippen molar-refractivity contribution in [2.75, 3.05) is 39.6 Å². The van der Waals surface area contributed by atoms with Crippen molar-refractivity contribution in [3.8, 4) is 0 Å². The minimum Gasteiger partial charge on any atom is -0.394 e. The van der Waals surface area contributed by atoms with Crippen molar-refractivity contribution in [3.63, 3.8) is 0 Å². The van der Waals surface area contributed by atoms with Gasteiger partial charge in [-0.25, -0.2) is 10.5 Å². The van der Waals surface area contributed by atoms with E-state index in [1.165, 1.54) is 0 Å². The Hall–Kier alpha value is -1.10. The van der Waals surface area contributed by atoms with Crippen molar-refractivity contribution < 1.29 is 128 Å². The third-order valence-corrected chi connectivity index (χ3v) is 10.2. The van der Waals surface area contributed by atoms with Gasteiger partial charge in [0, 0.05) is 13.0 Å². The van der Waals surface area contributed by atoms with Gasteiger partial charge in [0.05, 0.1) is 26.4 Å². The molecule has 0 aromatic heterocycles. The molecule has 4 aliphatic rings. The zero-order valence-corrected chi connectivity index (χ0v) is 31.5. The number of Topliss-reactive ketones (excluding diaryl/α,β-unsaturated/α-hetero) is 1. The van der Waals surface area contributed by atoms with E-state index in [4.69, 9.17) is 53.6 Å². The number of phosphoric ester groups is 1. The van der Waals surface area contributed by atoms with Crippen molar-refractivity contribution in [1.29, 1.82) is 0 Å². The van der Waals surface area contributed by atoms with E-state index in [1.807, 2.05) is 0 Å². The van der Waals surface area contributed by atoms with E-state index < -0.39 is 157 Å². The number of phosphoric acid groups is 1. The molecule has 340 valence electrons. The Morgan fingerprint density at radius 2 is 1.00 bits per heavy atom. The van der Waals surface area contributed by atoms with Crippen LogP contribution >= 0.6 is 7.82 Å². The van der Waals surface area contributed by atoms with Crippen LogP contribution in [0.15, 0.2) is 0 Å². The second-order valence-corrected chi connectivity index (χ2v) is 15.2. The SMILES string of the molecule is NOCC(=O)CCCCO[C@H]1OC(CO[C@H]2OC(CO[C@H]3OC(CO)[C@@H](O)[C@H](O)C3O[C@H]3OC(COP(=O)(O)O)[C@@H](O)[C@H](O)C3O)[C@@H](O)[C@H](O)C2O)[C@@H](O)[C@H](O)C1O. The Bertz CT molecular complexity index is 1300. The maximum atomic E-state index is 11.5. The van der Waals surface area contributed by atoms with Gasteiger partial charge >= 0.3 is 7.82 Å². The second kappa shape index (κ2) is 22.3. The summed E-state index contributed by atoms with van der Waals surface area (Å²) in [4.78, 5) is 33.9. The van der Waals surface area contributed by atoms with Crippen LogP contribution in [0, 0.1) is 0 Å². The molecule has 0 aromatic rings. The molecule has 0 aromatic carbocycles. The van der Waals surface area contributed by atoms with Crippen LogP contribution < -0.4 is 5.90 Å². The number of carbonyl (C=O) groups excluding carboxylic acids is 1. The number of ketones is 1. The topological polar surface area (TPSA) is 436 Å². The molecular weight excluding hydrogens is 821 g/mol. The lowest BCUT2D eigenvalue weighted by molar-refractivity contribution is -0.373. The van der Waals surface area contributed by atoms with E-state index in [9.17, 15) is 70.6 Å². The normalized spacial score (nSPS) is 44.0. The molecule has 4 aliphatic heterocycles. The van der Waals surface area contributed by atoms with Crippen LogP contribution in [-0.2, 0) is 56.6 Å². The van der Waals surface area contributed by atoms with Crippen molar-refractivity contribution in [2.45, 2.75) is 142 Å². The van der Waals surface area contributed by atoms with Gasteiger partial charge in [-0.3, -0.25) is 14.2 Å². The van der Waals surface area contributed by atoms with Crippen molar-refractivity contribution in [3.05, 3.63) is 0 Å². The molecule has 8 unspecified atom stereocenters. The number of rotatable bonds is 20. The maximum absolute atomic E-state index is 11.5. The van der Waals surface area contributed by atoms with E-state index in [-0.39, 0.29) is 25.4 Å². The average molecular weight is 876 g/mol. The molecule has 0 amide bonds. The monoisotopic (exact) mass is 875 g/mol. The third-order valence-electron chi connectivity index (χ3n) is 9.75. The number of unbranched alkanes of at least 4 members (excludes halogenated alkanes) is 1. The molecule has 58 heavy (non-hydrogen) atoms. The Morgan fingerprint density at radius 1 is 0.552 bits per heavy atom. The molecule has 20 atom stereocenters. The number of nitrogens with two attached hydrogens (primary N) is 1. The summed E-state index contributed by atoms with van der Waals surface area (Å²) < 4.78 is 59.8. The highest BCUT2D eigenvalue weighted by Gasteiger charge is 2.53. The Kier molecular flexibility index (Phi) is 19.1. The second-order valence-electron chi connectivity index (χ2n) is 14.0. The summed E-state index contributed by atoms with van der Waals surface area (Å²) in [6, 6.07) is 0. The molecule has 16 N–H and O–H groups in total. The highest BCUT2D eigenvalue weighted by molar-refractivity contribution is 7.46. The van der Waals surface area contributed by atoms with Crippen LogP contribution in [0.25, 0.3) is 0 Å². The summed E-state index contributed by atoms with van der Waals surface area (Å²) in [5, 5.41) is 126. The fraction of sp³-hybridized carbons (Fsp3) is 0.967. The zero-order valence-electron chi connectivity index (χ0n) is 30.6. The molecule has 0 spiro atoms.